The Labute approximate surface area is 106 Å². The van der Waals surface area contributed by atoms with Gasteiger partial charge in [-0.3, -0.25) is 4.98 Å². The van der Waals surface area contributed by atoms with Crippen molar-refractivity contribution >= 4 is 17.2 Å². The second kappa shape index (κ2) is 4.63. The summed E-state index contributed by atoms with van der Waals surface area (Å²) in [6.45, 7) is 4.81. The van der Waals surface area contributed by atoms with Gasteiger partial charge >= 0.3 is 0 Å². The summed E-state index contributed by atoms with van der Waals surface area (Å²) in [5.41, 5.74) is 9.55. The smallest absolute Gasteiger partial charge is 0.122 e. The number of rotatable bonds is 3. The third kappa shape index (κ3) is 2.50. The van der Waals surface area contributed by atoms with Crippen LogP contribution >= 0.6 is 12.2 Å². The lowest BCUT2D eigenvalue weighted by Crippen LogP contribution is -2.12. The Hall–Kier alpha value is -1.75. The minimum Gasteiger partial charge on any atom is -0.388 e. The topological polar surface area (TPSA) is 56.7 Å². The first-order valence-electron chi connectivity index (χ1n) is 5.31. The van der Waals surface area contributed by atoms with Gasteiger partial charge in [0.15, 0.2) is 0 Å². The van der Waals surface area contributed by atoms with Crippen LogP contribution in [0.15, 0.2) is 24.7 Å². The summed E-state index contributed by atoms with van der Waals surface area (Å²) in [6, 6.07) is 3.87. The molecule has 0 saturated carbocycles. The molecule has 0 saturated heterocycles. The van der Waals surface area contributed by atoms with Crippen LogP contribution in [0.4, 0.5) is 0 Å². The van der Waals surface area contributed by atoms with Crippen LogP contribution in [0.25, 0.3) is 0 Å². The van der Waals surface area contributed by atoms with E-state index in [1.54, 1.807) is 6.20 Å². The molecule has 2 aromatic heterocycles. The normalized spacial score (nSPS) is 10.5. The van der Waals surface area contributed by atoms with E-state index < -0.39 is 0 Å². The lowest BCUT2D eigenvalue weighted by molar-refractivity contribution is 0.767. The quantitative estimate of drug-likeness (QED) is 0.835. The Kier molecular flexibility index (Phi) is 3.19. The van der Waals surface area contributed by atoms with Crippen LogP contribution in [0.2, 0.25) is 0 Å². The maximum Gasteiger partial charge on any atom is 0.122 e. The molecule has 4 nitrogen and oxygen atoms in total. The Morgan fingerprint density at radius 3 is 2.76 bits per heavy atom. The van der Waals surface area contributed by atoms with Gasteiger partial charge in [0.25, 0.3) is 0 Å². The van der Waals surface area contributed by atoms with Crippen LogP contribution in [0, 0.1) is 13.8 Å². The third-order valence-electron chi connectivity index (χ3n) is 2.77. The molecule has 2 N–H and O–H groups in total. The van der Waals surface area contributed by atoms with Crippen molar-refractivity contribution in [3.05, 3.63) is 47.3 Å². The highest BCUT2D eigenvalue weighted by molar-refractivity contribution is 7.80. The fourth-order valence-electron chi connectivity index (χ4n) is 1.61. The molecule has 0 unspecified atom stereocenters. The molecule has 0 fully saturated rings. The molecule has 0 bridgehead atoms. The van der Waals surface area contributed by atoms with E-state index in [0.29, 0.717) is 10.7 Å². The zero-order chi connectivity index (χ0) is 12.4. The van der Waals surface area contributed by atoms with Gasteiger partial charge in [0.05, 0.1) is 17.7 Å². The summed E-state index contributed by atoms with van der Waals surface area (Å²) in [5.74, 6) is 0. The van der Waals surface area contributed by atoms with Crippen molar-refractivity contribution in [3.63, 3.8) is 0 Å². The van der Waals surface area contributed by atoms with Crippen molar-refractivity contribution in [2.45, 2.75) is 20.4 Å². The zero-order valence-electron chi connectivity index (χ0n) is 9.84. The molecule has 0 spiro atoms. The van der Waals surface area contributed by atoms with Crippen LogP contribution in [0.1, 0.15) is 22.6 Å². The number of imidazole rings is 1. The summed E-state index contributed by atoms with van der Waals surface area (Å²) in [5, 5.41) is 0. The number of nitrogens with zero attached hydrogens (tertiary/aromatic N) is 3. The standard InChI is InChI=1S/C12H14N4S/c1-8-9(2)16(7-15-8)6-10-3-4-14-11(5-10)12(13)17/h3-5,7H,6H2,1-2H3,(H2,13,17). The van der Waals surface area contributed by atoms with Gasteiger partial charge in [0.1, 0.15) is 4.99 Å². The molecule has 0 aliphatic carbocycles. The van der Waals surface area contributed by atoms with E-state index in [9.17, 15) is 0 Å². The Bertz CT molecular complexity index is 559. The van der Waals surface area contributed by atoms with E-state index in [1.165, 1.54) is 5.69 Å². The van der Waals surface area contributed by atoms with E-state index >= 15 is 0 Å². The average molecular weight is 246 g/mol. The highest BCUT2D eigenvalue weighted by Gasteiger charge is 2.04. The molecule has 0 atom stereocenters. The molecule has 2 rings (SSSR count). The summed E-state index contributed by atoms with van der Waals surface area (Å²) in [7, 11) is 0. The zero-order valence-corrected chi connectivity index (χ0v) is 10.7. The molecule has 17 heavy (non-hydrogen) atoms. The van der Waals surface area contributed by atoms with Crippen molar-refractivity contribution in [2.24, 2.45) is 5.73 Å². The molecule has 2 heterocycles. The van der Waals surface area contributed by atoms with Gasteiger partial charge in [-0.2, -0.15) is 0 Å². The van der Waals surface area contributed by atoms with Gasteiger partial charge in [-0.15, -0.1) is 0 Å². The number of aromatic nitrogens is 3. The Morgan fingerprint density at radius 1 is 1.41 bits per heavy atom. The molecule has 0 radical (unpaired) electrons. The minimum atomic E-state index is 0.324. The van der Waals surface area contributed by atoms with Crippen molar-refractivity contribution in [1.82, 2.24) is 14.5 Å². The van der Waals surface area contributed by atoms with Crippen LogP contribution in [-0.2, 0) is 6.54 Å². The molecule has 0 aliphatic rings. The molecule has 88 valence electrons. The lowest BCUT2D eigenvalue weighted by Gasteiger charge is -2.06. The fourth-order valence-corrected chi connectivity index (χ4v) is 1.72. The second-order valence-corrected chi connectivity index (χ2v) is 4.40. The predicted octanol–water partition coefficient (Wildman–Crippen LogP) is 1.58. The maximum atomic E-state index is 5.56. The first-order chi connectivity index (χ1) is 8.08. The van der Waals surface area contributed by atoms with E-state index in [4.69, 9.17) is 18.0 Å². The number of thiocarbonyl (C=S) groups is 1. The highest BCUT2D eigenvalue weighted by Crippen LogP contribution is 2.09. The highest BCUT2D eigenvalue weighted by atomic mass is 32.1. The fraction of sp³-hybridized carbons (Fsp3) is 0.250. The van der Waals surface area contributed by atoms with Crippen LogP contribution < -0.4 is 5.73 Å². The van der Waals surface area contributed by atoms with Crippen molar-refractivity contribution in [2.75, 3.05) is 0 Å². The molecule has 5 heteroatoms. The second-order valence-electron chi connectivity index (χ2n) is 3.96. The molecule has 2 aromatic rings. The maximum absolute atomic E-state index is 5.56. The minimum absolute atomic E-state index is 0.324. The molecular weight excluding hydrogens is 232 g/mol. The summed E-state index contributed by atoms with van der Waals surface area (Å²) in [4.78, 5) is 8.71. The average Bonchev–Trinajstić information content (AvgIpc) is 2.61. The van der Waals surface area contributed by atoms with Crippen LogP contribution in [-0.4, -0.2) is 19.5 Å². The lowest BCUT2D eigenvalue weighted by atomic mass is 10.2. The van der Waals surface area contributed by atoms with E-state index in [-0.39, 0.29) is 0 Å². The summed E-state index contributed by atoms with van der Waals surface area (Å²) in [6.07, 6.45) is 3.56. The summed E-state index contributed by atoms with van der Waals surface area (Å²) >= 11 is 4.91. The van der Waals surface area contributed by atoms with Crippen molar-refractivity contribution in [1.29, 1.82) is 0 Å². The third-order valence-corrected chi connectivity index (χ3v) is 2.98. The van der Waals surface area contributed by atoms with Crippen LogP contribution in [0.5, 0.6) is 0 Å². The number of pyridine rings is 1. The predicted molar refractivity (Wildman–Crippen MR) is 70.9 cm³/mol. The van der Waals surface area contributed by atoms with Gasteiger partial charge in [-0.1, -0.05) is 12.2 Å². The molecule has 0 aromatic carbocycles. The van der Waals surface area contributed by atoms with E-state index in [2.05, 4.69) is 21.5 Å². The molecule has 0 aliphatic heterocycles. The number of nitrogens with two attached hydrogens (primary N) is 1. The number of aryl methyl sites for hydroxylation is 1. The Balaban J connectivity index is 2.27. The monoisotopic (exact) mass is 246 g/mol. The number of hydrogen-bond acceptors (Lipinski definition) is 3. The van der Waals surface area contributed by atoms with Crippen LogP contribution in [0.3, 0.4) is 0 Å². The SMILES string of the molecule is Cc1ncn(Cc2ccnc(C(N)=S)c2)c1C. The van der Waals surface area contributed by atoms with E-state index in [0.717, 1.165) is 17.8 Å². The van der Waals surface area contributed by atoms with Gasteiger partial charge in [0, 0.05) is 18.4 Å². The summed E-state index contributed by atoms with van der Waals surface area (Å²) < 4.78 is 2.09. The van der Waals surface area contributed by atoms with Crippen molar-refractivity contribution < 1.29 is 0 Å². The largest absolute Gasteiger partial charge is 0.388 e. The first-order valence-corrected chi connectivity index (χ1v) is 5.72. The Morgan fingerprint density at radius 2 is 2.18 bits per heavy atom. The van der Waals surface area contributed by atoms with Gasteiger partial charge < -0.3 is 10.3 Å². The first kappa shape index (κ1) is 11.7. The molecular formula is C12H14N4S. The van der Waals surface area contributed by atoms with E-state index in [1.807, 2.05) is 25.4 Å². The van der Waals surface area contributed by atoms with Crippen molar-refractivity contribution in [3.8, 4) is 0 Å². The molecule has 0 amide bonds. The van der Waals surface area contributed by atoms with Gasteiger partial charge in [-0.05, 0) is 31.5 Å². The number of hydrogen-bond donors (Lipinski definition) is 1. The van der Waals surface area contributed by atoms with Gasteiger partial charge in [-0.25, -0.2) is 4.98 Å². The van der Waals surface area contributed by atoms with Gasteiger partial charge in [0.2, 0.25) is 0 Å².